The van der Waals surface area contributed by atoms with Crippen molar-refractivity contribution in [2.75, 3.05) is 33.0 Å². The number of hydrogen-bond donors (Lipinski definition) is 7. The molecule has 14 heteroatoms. The molecule has 2 aliphatic heterocycles. The minimum atomic E-state index is -1.70. The number of rotatable bonds is 43. The lowest BCUT2D eigenvalue weighted by Gasteiger charge is -2.42. The van der Waals surface area contributed by atoms with Gasteiger partial charge in [-0.05, 0) is 38.5 Å². The van der Waals surface area contributed by atoms with E-state index >= 15 is 0 Å². The van der Waals surface area contributed by atoms with Crippen molar-refractivity contribution in [1.82, 2.24) is 0 Å². The van der Waals surface area contributed by atoms with Crippen LogP contribution in [-0.2, 0) is 33.2 Å². The van der Waals surface area contributed by atoms with Gasteiger partial charge in [0.25, 0.3) is 0 Å². The molecule has 11 atom stereocenters. The van der Waals surface area contributed by atoms with Crippen LogP contribution in [0.15, 0.2) is 12.2 Å². The quantitative estimate of drug-likeness (QED) is 0.0174. The molecule has 7 N–H and O–H groups in total. The minimum Gasteiger partial charge on any atom is -0.457 e. The Bertz CT molecular complexity index is 1140. The van der Waals surface area contributed by atoms with Crippen molar-refractivity contribution >= 4 is 5.97 Å². The summed E-state index contributed by atoms with van der Waals surface area (Å²) in [6.07, 6.45) is 26.2. The lowest BCUT2D eigenvalue weighted by molar-refractivity contribution is -0.332. The van der Waals surface area contributed by atoms with Crippen molar-refractivity contribution in [1.29, 1.82) is 0 Å². The van der Waals surface area contributed by atoms with Crippen LogP contribution in [0, 0.1) is 0 Å². The minimum absolute atomic E-state index is 0.0661. The van der Waals surface area contributed by atoms with Crippen LogP contribution >= 0.6 is 0 Å². The number of carbonyl (C=O) groups excluding carboxylic acids is 1. The molecule has 0 spiro atoms. The average molecular weight is 947 g/mol. The van der Waals surface area contributed by atoms with Crippen molar-refractivity contribution in [3.05, 3.63) is 12.2 Å². The monoisotopic (exact) mass is 947 g/mol. The molecule has 0 saturated carbocycles. The summed E-state index contributed by atoms with van der Waals surface area (Å²) in [6.45, 7) is 3.64. The molecule has 0 amide bonds. The number of esters is 1. The Hall–Kier alpha value is -1.27. The second-order valence-electron chi connectivity index (χ2n) is 19.1. The molecular weight excluding hydrogens is 849 g/mol. The molecule has 2 saturated heterocycles. The maximum absolute atomic E-state index is 12.8. The van der Waals surface area contributed by atoms with Gasteiger partial charge in [-0.25, -0.2) is 0 Å². The van der Waals surface area contributed by atoms with Gasteiger partial charge in [-0.15, -0.1) is 0 Å². The lowest BCUT2D eigenvalue weighted by atomic mass is 9.98. The summed E-state index contributed by atoms with van der Waals surface area (Å²) in [5.74, 6) is -0.382. The van der Waals surface area contributed by atoms with E-state index < -0.39 is 80.7 Å². The first kappa shape index (κ1) is 60.9. The number of carbonyl (C=O) groups is 1. The molecule has 66 heavy (non-hydrogen) atoms. The average Bonchev–Trinajstić information content (AvgIpc) is 3.31. The zero-order chi connectivity index (χ0) is 48.0. The van der Waals surface area contributed by atoms with E-state index in [9.17, 15) is 40.5 Å². The third kappa shape index (κ3) is 27.8. The summed E-state index contributed by atoms with van der Waals surface area (Å²) in [5.41, 5.74) is 0. The van der Waals surface area contributed by atoms with Gasteiger partial charge in [-0.1, -0.05) is 180 Å². The SMILES string of the molecule is CCCCCCCCCC/C=C\CCCCCCCCCCCCCCCCOCC(COC1OC(COC2OC(CO)C(O)C(O)C2O)C(O)C(O)C1O)OC(=O)CCCCCCCC. The van der Waals surface area contributed by atoms with Crippen LogP contribution in [0.4, 0.5) is 0 Å². The van der Waals surface area contributed by atoms with E-state index in [1.165, 1.54) is 141 Å². The topological polar surface area (TPSA) is 214 Å². The number of aliphatic hydroxyl groups excluding tert-OH is 7. The summed E-state index contributed by atoms with van der Waals surface area (Å²) in [7, 11) is 0. The Morgan fingerprint density at radius 3 is 1.38 bits per heavy atom. The maximum atomic E-state index is 12.8. The molecule has 0 aromatic heterocycles. The molecule has 0 aromatic carbocycles. The van der Waals surface area contributed by atoms with E-state index in [1.807, 2.05) is 0 Å². The summed E-state index contributed by atoms with van der Waals surface area (Å²) in [6, 6.07) is 0. The molecule has 390 valence electrons. The first-order valence-electron chi connectivity index (χ1n) is 26.8. The van der Waals surface area contributed by atoms with Gasteiger partial charge in [0.2, 0.25) is 0 Å². The highest BCUT2D eigenvalue weighted by Crippen LogP contribution is 2.26. The van der Waals surface area contributed by atoms with Gasteiger partial charge in [-0.3, -0.25) is 4.79 Å². The van der Waals surface area contributed by atoms with Crippen molar-refractivity contribution in [2.24, 2.45) is 0 Å². The van der Waals surface area contributed by atoms with Crippen molar-refractivity contribution in [2.45, 2.75) is 280 Å². The molecular formula is C52H98O14. The van der Waals surface area contributed by atoms with Crippen LogP contribution in [0.25, 0.3) is 0 Å². The number of unbranched alkanes of at least 4 members (excludes halogenated alkanes) is 27. The van der Waals surface area contributed by atoms with Gasteiger partial charge in [0.1, 0.15) is 54.9 Å². The Balaban J connectivity index is 1.60. The highest BCUT2D eigenvalue weighted by Gasteiger charge is 2.47. The Kier molecular flexibility index (Phi) is 37.3. The normalized spacial score (nSPS) is 26.3. The van der Waals surface area contributed by atoms with Gasteiger partial charge in [0.05, 0.1) is 26.4 Å². The summed E-state index contributed by atoms with van der Waals surface area (Å²) in [4.78, 5) is 12.8. The van der Waals surface area contributed by atoms with Gasteiger partial charge < -0.3 is 64.2 Å². The van der Waals surface area contributed by atoms with Gasteiger partial charge in [0.15, 0.2) is 12.6 Å². The number of hydrogen-bond acceptors (Lipinski definition) is 14. The second-order valence-corrected chi connectivity index (χ2v) is 19.1. The van der Waals surface area contributed by atoms with Gasteiger partial charge >= 0.3 is 5.97 Å². The van der Waals surface area contributed by atoms with Crippen molar-refractivity contribution in [3.63, 3.8) is 0 Å². The van der Waals surface area contributed by atoms with Crippen LogP contribution in [0.1, 0.15) is 213 Å². The van der Waals surface area contributed by atoms with Crippen LogP contribution in [-0.4, -0.2) is 142 Å². The number of ether oxygens (including phenoxy) is 6. The van der Waals surface area contributed by atoms with E-state index in [-0.39, 0.29) is 25.6 Å². The second kappa shape index (κ2) is 40.5. The fraction of sp³-hybridized carbons (Fsp3) is 0.942. The third-order valence-electron chi connectivity index (χ3n) is 13.0. The van der Waals surface area contributed by atoms with Gasteiger partial charge in [0, 0.05) is 13.0 Å². The summed E-state index contributed by atoms with van der Waals surface area (Å²) < 4.78 is 34.1. The molecule has 0 radical (unpaired) electrons. The van der Waals surface area contributed by atoms with E-state index in [2.05, 4.69) is 26.0 Å². The third-order valence-corrected chi connectivity index (χ3v) is 13.0. The molecule has 14 nitrogen and oxygen atoms in total. The Morgan fingerprint density at radius 1 is 0.485 bits per heavy atom. The zero-order valence-corrected chi connectivity index (χ0v) is 41.4. The van der Waals surface area contributed by atoms with E-state index in [0.29, 0.717) is 13.0 Å². The Morgan fingerprint density at radius 2 is 0.894 bits per heavy atom. The predicted molar refractivity (Wildman–Crippen MR) is 257 cm³/mol. The molecule has 0 aliphatic carbocycles. The van der Waals surface area contributed by atoms with Crippen LogP contribution in [0.3, 0.4) is 0 Å². The van der Waals surface area contributed by atoms with Crippen LogP contribution in [0.5, 0.6) is 0 Å². The zero-order valence-electron chi connectivity index (χ0n) is 41.4. The van der Waals surface area contributed by atoms with Crippen molar-refractivity contribution in [3.8, 4) is 0 Å². The summed E-state index contributed by atoms with van der Waals surface area (Å²) in [5, 5.41) is 71.9. The van der Waals surface area contributed by atoms with Crippen molar-refractivity contribution < 1.29 is 69.0 Å². The summed E-state index contributed by atoms with van der Waals surface area (Å²) >= 11 is 0. The first-order chi connectivity index (χ1) is 32.1. The standard InChI is InChI=1S/C52H98O14/c1-3-5-7-9-11-12-13-14-15-16-17-18-19-20-21-22-23-24-25-26-27-28-29-30-32-34-36-61-38-41(64-44(54)35-33-31-10-8-6-4-2)39-62-51-50(60)48(58)46(56)43(66-51)40-63-52-49(59)47(57)45(55)42(37-53)65-52/h16-17,41-43,45-53,55-60H,3-15,18-40H2,1-2H3/b17-16-. The maximum Gasteiger partial charge on any atom is 0.306 e. The highest BCUT2D eigenvalue weighted by atomic mass is 16.7. The van der Waals surface area contributed by atoms with Gasteiger partial charge in [-0.2, -0.15) is 0 Å². The fourth-order valence-electron chi connectivity index (χ4n) is 8.63. The molecule has 2 fully saturated rings. The largest absolute Gasteiger partial charge is 0.457 e. The van der Waals surface area contributed by atoms with E-state index in [4.69, 9.17) is 28.4 Å². The first-order valence-corrected chi connectivity index (χ1v) is 26.8. The lowest BCUT2D eigenvalue weighted by Crippen LogP contribution is -2.61. The molecule has 2 heterocycles. The molecule has 2 rings (SSSR count). The Labute approximate surface area is 399 Å². The smallest absolute Gasteiger partial charge is 0.306 e. The predicted octanol–water partition coefficient (Wildman–Crippen LogP) is 8.24. The molecule has 0 bridgehead atoms. The van der Waals surface area contributed by atoms with E-state index in [1.54, 1.807) is 0 Å². The van der Waals surface area contributed by atoms with Crippen LogP contribution < -0.4 is 0 Å². The van der Waals surface area contributed by atoms with Crippen LogP contribution in [0.2, 0.25) is 0 Å². The molecule has 2 aliphatic rings. The molecule has 11 unspecified atom stereocenters. The number of aliphatic hydroxyl groups is 7. The molecule has 0 aromatic rings. The highest BCUT2D eigenvalue weighted by molar-refractivity contribution is 5.69. The fourth-order valence-corrected chi connectivity index (χ4v) is 8.63. The van der Waals surface area contributed by atoms with E-state index in [0.717, 1.165) is 44.9 Å². The number of allylic oxidation sites excluding steroid dienone is 2.